The molecule has 0 spiro atoms. The van der Waals surface area contributed by atoms with Crippen LogP contribution in [0.3, 0.4) is 0 Å². The molecule has 1 rings (SSSR count). The first-order chi connectivity index (χ1) is 10.7. The number of carbonyl (C=O) groups excluding carboxylic acids is 1. The number of hydrogen-bond acceptors (Lipinski definition) is 6. The summed E-state index contributed by atoms with van der Waals surface area (Å²) >= 11 is 0. The maximum absolute atomic E-state index is 11.7. The molecule has 0 aromatic carbocycles. The summed E-state index contributed by atoms with van der Waals surface area (Å²) in [6.07, 6.45) is 0.258. The number of nitrogens with zero attached hydrogens (tertiary/aromatic N) is 3. The summed E-state index contributed by atoms with van der Waals surface area (Å²) in [5, 5.41) is 19.1. The number of carbonyl (C=O) groups is 2. The normalized spacial score (nSPS) is 11.3. The Morgan fingerprint density at radius 1 is 1.30 bits per heavy atom. The van der Waals surface area contributed by atoms with Gasteiger partial charge in [0.2, 0.25) is 0 Å². The smallest absolute Gasteiger partial charge is 0.407 e. The Kier molecular flexibility index (Phi) is 6.95. The van der Waals surface area contributed by atoms with E-state index >= 15 is 0 Å². The van der Waals surface area contributed by atoms with Crippen molar-refractivity contribution in [1.82, 2.24) is 20.3 Å². The highest BCUT2D eigenvalue weighted by Crippen LogP contribution is 2.09. The second kappa shape index (κ2) is 8.47. The Morgan fingerprint density at radius 3 is 2.57 bits per heavy atom. The molecule has 1 amide bonds. The number of carboxylic acid groups (broad SMARTS) is 1. The molecule has 0 radical (unpaired) electrons. The van der Waals surface area contributed by atoms with E-state index in [9.17, 15) is 9.59 Å². The molecule has 0 saturated carbocycles. The minimum Gasteiger partial charge on any atom is -0.476 e. The van der Waals surface area contributed by atoms with Crippen LogP contribution in [0.2, 0.25) is 0 Å². The monoisotopic (exact) mass is 328 g/mol. The molecule has 130 valence electrons. The maximum Gasteiger partial charge on any atom is 0.407 e. The Morgan fingerprint density at radius 2 is 2.00 bits per heavy atom. The topological polar surface area (TPSA) is 116 Å². The molecule has 9 nitrogen and oxygen atoms in total. The zero-order valence-electron chi connectivity index (χ0n) is 14.0. The van der Waals surface area contributed by atoms with Crippen molar-refractivity contribution < 1.29 is 24.2 Å². The standard InChI is InChI=1S/C14H24N4O5/c1-5-7-22-8-6-18-10(11(12(19)20)16-17-18)9-15-13(21)23-14(2,3)4/h5-9H2,1-4H3,(H,15,21)(H,19,20). The Labute approximate surface area is 135 Å². The number of alkyl carbamates (subject to hydrolysis) is 1. The fraction of sp³-hybridized carbons (Fsp3) is 0.714. The third-order valence-electron chi connectivity index (χ3n) is 2.64. The largest absolute Gasteiger partial charge is 0.476 e. The average Bonchev–Trinajstić information content (AvgIpc) is 2.82. The van der Waals surface area contributed by atoms with Crippen LogP contribution in [0.4, 0.5) is 4.79 Å². The highest BCUT2D eigenvalue weighted by atomic mass is 16.6. The number of rotatable bonds is 8. The third kappa shape index (κ3) is 6.64. The van der Waals surface area contributed by atoms with Crippen LogP contribution >= 0.6 is 0 Å². The predicted molar refractivity (Wildman–Crippen MR) is 81.2 cm³/mol. The fourth-order valence-corrected chi connectivity index (χ4v) is 1.72. The Balaban J connectivity index is 2.71. The Hall–Kier alpha value is -2.16. The second-order valence-corrected chi connectivity index (χ2v) is 5.88. The molecule has 0 fully saturated rings. The first-order valence-corrected chi connectivity index (χ1v) is 7.45. The first-order valence-electron chi connectivity index (χ1n) is 7.45. The number of hydrogen-bond donors (Lipinski definition) is 2. The molecule has 0 saturated heterocycles. The van der Waals surface area contributed by atoms with Crippen molar-refractivity contribution in [2.75, 3.05) is 13.2 Å². The number of aromatic nitrogens is 3. The van der Waals surface area contributed by atoms with Crippen molar-refractivity contribution in [3.63, 3.8) is 0 Å². The van der Waals surface area contributed by atoms with E-state index in [0.717, 1.165) is 6.42 Å². The van der Waals surface area contributed by atoms with Crippen LogP contribution in [0.15, 0.2) is 0 Å². The second-order valence-electron chi connectivity index (χ2n) is 5.88. The number of nitrogens with one attached hydrogen (secondary N) is 1. The molecule has 0 aliphatic rings. The maximum atomic E-state index is 11.7. The van der Waals surface area contributed by atoms with E-state index in [2.05, 4.69) is 15.6 Å². The summed E-state index contributed by atoms with van der Waals surface area (Å²) in [4.78, 5) is 22.9. The molecule has 1 heterocycles. The van der Waals surface area contributed by atoms with Gasteiger partial charge in [0.25, 0.3) is 0 Å². The van der Waals surface area contributed by atoms with Gasteiger partial charge in [0.15, 0.2) is 5.69 Å². The summed E-state index contributed by atoms with van der Waals surface area (Å²) in [7, 11) is 0. The average molecular weight is 328 g/mol. The van der Waals surface area contributed by atoms with Crippen LogP contribution in [0.1, 0.15) is 50.3 Å². The van der Waals surface area contributed by atoms with Gasteiger partial charge in [-0.15, -0.1) is 5.10 Å². The summed E-state index contributed by atoms with van der Waals surface area (Å²) in [5.41, 5.74) is -0.536. The number of aromatic carboxylic acids is 1. The summed E-state index contributed by atoms with van der Waals surface area (Å²) in [5.74, 6) is -1.20. The van der Waals surface area contributed by atoms with E-state index in [4.69, 9.17) is 14.6 Å². The minimum atomic E-state index is -1.20. The Bertz CT molecular complexity index is 536. The molecule has 23 heavy (non-hydrogen) atoms. The zero-order chi connectivity index (χ0) is 17.5. The molecule has 0 aliphatic carbocycles. The molecule has 0 unspecified atom stereocenters. The highest BCUT2D eigenvalue weighted by Gasteiger charge is 2.21. The van der Waals surface area contributed by atoms with Crippen molar-refractivity contribution in [3.05, 3.63) is 11.4 Å². The van der Waals surface area contributed by atoms with Crippen molar-refractivity contribution in [1.29, 1.82) is 0 Å². The van der Waals surface area contributed by atoms with E-state index in [-0.39, 0.29) is 12.2 Å². The lowest BCUT2D eigenvalue weighted by Gasteiger charge is -2.19. The summed E-state index contributed by atoms with van der Waals surface area (Å²) in [6, 6.07) is 0. The van der Waals surface area contributed by atoms with Crippen LogP contribution in [0, 0.1) is 0 Å². The number of ether oxygens (including phenoxy) is 2. The van der Waals surface area contributed by atoms with Gasteiger partial charge in [0.05, 0.1) is 25.4 Å². The van der Waals surface area contributed by atoms with Gasteiger partial charge in [-0.2, -0.15) is 0 Å². The number of amides is 1. The highest BCUT2D eigenvalue weighted by molar-refractivity contribution is 5.86. The molecule has 1 aromatic heterocycles. The minimum absolute atomic E-state index is 0.0443. The van der Waals surface area contributed by atoms with Crippen molar-refractivity contribution in [2.45, 2.75) is 52.8 Å². The first kappa shape index (κ1) is 18.9. The quantitative estimate of drug-likeness (QED) is 0.693. The van der Waals surface area contributed by atoms with Gasteiger partial charge in [0, 0.05) is 6.61 Å². The van der Waals surface area contributed by atoms with Crippen LogP contribution < -0.4 is 5.32 Å². The molecule has 1 aromatic rings. The molecular formula is C14H24N4O5. The molecule has 9 heteroatoms. The van der Waals surface area contributed by atoms with Gasteiger partial charge >= 0.3 is 12.1 Å². The SMILES string of the molecule is CCCOCCn1nnc(C(=O)O)c1CNC(=O)OC(C)(C)C. The zero-order valence-corrected chi connectivity index (χ0v) is 14.0. The van der Waals surface area contributed by atoms with Crippen molar-refractivity contribution >= 4 is 12.1 Å². The van der Waals surface area contributed by atoms with Crippen molar-refractivity contribution in [2.24, 2.45) is 0 Å². The van der Waals surface area contributed by atoms with Crippen LogP contribution in [-0.4, -0.2) is 51.0 Å². The third-order valence-corrected chi connectivity index (χ3v) is 2.64. The molecule has 2 N–H and O–H groups in total. The molecule has 0 aliphatic heterocycles. The van der Waals surface area contributed by atoms with Gasteiger partial charge in [-0.1, -0.05) is 12.1 Å². The molecule has 0 atom stereocenters. The lowest BCUT2D eigenvalue weighted by atomic mass is 10.2. The fourth-order valence-electron chi connectivity index (χ4n) is 1.72. The van der Waals surface area contributed by atoms with Gasteiger partial charge in [-0.25, -0.2) is 14.3 Å². The van der Waals surface area contributed by atoms with E-state index < -0.39 is 17.7 Å². The van der Waals surface area contributed by atoms with Crippen LogP contribution in [-0.2, 0) is 22.6 Å². The van der Waals surface area contributed by atoms with Gasteiger partial charge in [-0.05, 0) is 27.2 Å². The van der Waals surface area contributed by atoms with Gasteiger partial charge < -0.3 is 19.9 Å². The molecular weight excluding hydrogens is 304 g/mol. The van der Waals surface area contributed by atoms with Crippen LogP contribution in [0.25, 0.3) is 0 Å². The van der Waals surface area contributed by atoms with Crippen LogP contribution in [0.5, 0.6) is 0 Å². The van der Waals surface area contributed by atoms with E-state index in [1.54, 1.807) is 20.8 Å². The van der Waals surface area contributed by atoms with Crippen molar-refractivity contribution in [3.8, 4) is 0 Å². The van der Waals surface area contributed by atoms with E-state index in [1.807, 2.05) is 6.92 Å². The summed E-state index contributed by atoms with van der Waals surface area (Å²) in [6.45, 7) is 8.53. The lowest BCUT2D eigenvalue weighted by Crippen LogP contribution is -2.33. The van der Waals surface area contributed by atoms with Gasteiger partial charge in [0.1, 0.15) is 5.60 Å². The summed E-state index contributed by atoms with van der Waals surface area (Å²) < 4.78 is 11.9. The number of carboxylic acids is 1. The van der Waals surface area contributed by atoms with E-state index in [1.165, 1.54) is 4.68 Å². The lowest BCUT2D eigenvalue weighted by molar-refractivity contribution is 0.0519. The van der Waals surface area contributed by atoms with Gasteiger partial charge in [-0.3, -0.25) is 0 Å². The van der Waals surface area contributed by atoms with E-state index in [0.29, 0.717) is 25.5 Å². The predicted octanol–water partition coefficient (Wildman–Crippen LogP) is 1.43. The molecule has 0 bridgehead atoms.